The summed E-state index contributed by atoms with van der Waals surface area (Å²) in [5, 5.41) is 2.78. The van der Waals surface area contributed by atoms with Crippen LogP contribution in [0.4, 0.5) is 5.69 Å². The van der Waals surface area contributed by atoms with Gasteiger partial charge in [0.25, 0.3) is 5.91 Å². The summed E-state index contributed by atoms with van der Waals surface area (Å²) in [7, 11) is 0. The van der Waals surface area contributed by atoms with E-state index in [1.54, 1.807) is 6.08 Å². The summed E-state index contributed by atoms with van der Waals surface area (Å²) in [4.78, 5) is 35.4. The maximum atomic E-state index is 12.0. The minimum atomic E-state index is -0.452. The molecule has 0 aliphatic carbocycles. The number of hydrogen-bond donors (Lipinski definition) is 3. The van der Waals surface area contributed by atoms with Crippen LogP contribution < -0.4 is 16.2 Å². The summed E-state index contributed by atoms with van der Waals surface area (Å²) in [6, 6.07) is 15.0. The molecule has 0 heterocycles. The Morgan fingerprint density at radius 3 is 2.30 bits per heavy atom. The molecule has 0 atom stereocenters. The van der Waals surface area contributed by atoms with Gasteiger partial charge < -0.3 is 5.32 Å². The van der Waals surface area contributed by atoms with Gasteiger partial charge in [0.2, 0.25) is 11.8 Å². The second-order valence-electron chi connectivity index (χ2n) is 6.15. The molecule has 2 aromatic rings. The molecule has 0 radical (unpaired) electrons. The van der Waals surface area contributed by atoms with Crippen molar-refractivity contribution in [2.75, 3.05) is 5.32 Å². The third kappa shape index (κ3) is 7.15. The van der Waals surface area contributed by atoms with E-state index in [-0.39, 0.29) is 18.7 Å². The zero-order chi connectivity index (χ0) is 19.6. The molecule has 27 heavy (non-hydrogen) atoms. The van der Waals surface area contributed by atoms with Crippen LogP contribution in [0.5, 0.6) is 0 Å². The number of hydrazine groups is 1. The number of anilines is 1. The van der Waals surface area contributed by atoms with Crippen molar-refractivity contribution in [1.29, 1.82) is 0 Å². The Kier molecular flexibility index (Phi) is 7.31. The summed E-state index contributed by atoms with van der Waals surface area (Å²) in [5.74, 6) is -1.15. The molecule has 0 fully saturated rings. The molecule has 0 bridgehead atoms. The quantitative estimate of drug-likeness (QED) is 0.543. The van der Waals surface area contributed by atoms with Crippen LogP contribution in [0.1, 0.15) is 29.5 Å². The predicted octanol–water partition coefficient (Wildman–Crippen LogP) is 2.88. The van der Waals surface area contributed by atoms with Gasteiger partial charge in [0.1, 0.15) is 0 Å². The fraction of sp³-hybridized carbons (Fsp3) is 0.190. The monoisotopic (exact) mass is 365 g/mol. The Bertz CT molecular complexity index is 845. The Labute approximate surface area is 158 Å². The molecule has 0 unspecified atom stereocenters. The highest BCUT2D eigenvalue weighted by molar-refractivity contribution is 5.95. The Balaban J connectivity index is 1.70. The molecular weight excluding hydrogens is 342 g/mol. The number of carbonyl (C=O) groups excluding carboxylic acids is 3. The first kappa shape index (κ1) is 19.9. The molecule has 140 valence electrons. The molecule has 6 nitrogen and oxygen atoms in total. The minimum absolute atomic E-state index is 0.0227. The highest BCUT2D eigenvalue weighted by Gasteiger charge is 2.09. The Hall–Kier alpha value is -3.41. The first-order chi connectivity index (χ1) is 12.9. The van der Waals surface area contributed by atoms with Crippen LogP contribution in [0.15, 0.2) is 54.6 Å². The fourth-order valence-corrected chi connectivity index (χ4v) is 2.37. The molecule has 0 saturated heterocycles. The number of rotatable bonds is 6. The van der Waals surface area contributed by atoms with E-state index < -0.39 is 11.8 Å². The van der Waals surface area contributed by atoms with Crippen molar-refractivity contribution >= 4 is 29.5 Å². The largest absolute Gasteiger partial charge is 0.326 e. The number of benzene rings is 2. The normalized spacial score (nSPS) is 10.4. The second-order valence-corrected chi connectivity index (χ2v) is 6.15. The lowest BCUT2D eigenvalue weighted by atomic mass is 10.1. The Morgan fingerprint density at radius 2 is 1.59 bits per heavy atom. The molecule has 3 N–H and O–H groups in total. The number of aryl methyl sites for hydroxylation is 2. The zero-order valence-electron chi connectivity index (χ0n) is 15.4. The van der Waals surface area contributed by atoms with E-state index >= 15 is 0 Å². The molecule has 0 spiro atoms. The molecule has 2 aromatic carbocycles. The van der Waals surface area contributed by atoms with Crippen molar-refractivity contribution in [3.63, 3.8) is 0 Å². The molecule has 0 aliphatic rings. The third-order valence-corrected chi connectivity index (χ3v) is 3.79. The fourth-order valence-electron chi connectivity index (χ4n) is 2.37. The van der Waals surface area contributed by atoms with Crippen LogP contribution in [-0.2, 0) is 14.4 Å². The van der Waals surface area contributed by atoms with Gasteiger partial charge in [-0.2, -0.15) is 0 Å². The third-order valence-electron chi connectivity index (χ3n) is 3.79. The van der Waals surface area contributed by atoms with Gasteiger partial charge in [-0.25, -0.2) is 0 Å². The highest BCUT2D eigenvalue weighted by atomic mass is 16.2. The van der Waals surface area contributed by atoms with Gasteiger partial charge in [-0.05, 0) is 37.1 Å². The molecule has 3 amide bonds. The first-order valence-corrected chi connectivity index (χ1v) is 8.63. The Morgan fingerprint density at radius 1 is 0.889 bits per heavy atom. The maximum Gasteiger partial charge on any atom is 0.262 e. The van der Waals surface area contributed by atoms with Gasteiger partial charge in [-0.3, -0.25) is 25.2 Å². The number of amides is 3. The van der Waals surface area contributed by atoms with Crippen molar-refractivity contribution in [3.8, 4) is 0 Å². The van der Waals surface area contributed by atoms with Gasteiger partial charge in [0.15, 0.2) is 0 Å². The van der Waals surface area contributed by atoms with E-state index in [0.29, 0.717) is 0 Å². The van der Waals surface area contributed by atoms with E-state index in [0.717, 1.165) is 22.4 Å². The average molecular weight is 365 g/mol. The smallest absolute Gasteiger partial charge is 0.262 e. The molecule has 0 saturated carbocycles. The van der Waals surface area contributed by atoms with Gasteiger partial charge in [-0.15, -0.1) is 0 Å². The zero-order valence-corrected chi connectivity index (χ0v) is 15.4. The number of hydrogen-bond acceptors (Lipinski definition) is 3. The van der Waals surface area contributed by atoms with Crippen LogP contribution in [0.2, 0.25) is 0 Å². The lowest BCUT2D eigenvalue weighted by molar-refractivity contribution is -0.128. The molecule has 2 rings (SSSR count). The number of nitrogens with one attached hydrogen (secondary N) is 3. The van der Waals surface area contributed by atoms with Gasteiger partial charge in [0, 0.05) is 24.6 Å². The SMILES string of the molecule is Cc1ccc(NC(=O)CCC(=O)NNC(=O)/C=C\c2ccccc2)c(C)c1. The summed E-state index contributed by atoms with van der Waals surface area (Å²) in [5.41, 5.74) is 8.25. The van der Waals surface area contributed by atoms with E-state index in [4.69, 9.17) is 0 Å². The van der Waals surface area contributed by atoms with E-state index in [1.165, 1.54) is 6.08 Å². The molecule has 6 heteroatoms. The van der Waals surface area contributed by atoms with E-state index in [9.17, 15) is 14.4 Å². The average Bonchev–Trinajstić information content (AvgIpc) is 2.66. The predicted molar refractivity (Wildman–Crippen MR) is 106 cm³/mol. The van der Waals surface area contributed by atoms with Crippen molar-refractivity contribution in [3.05, 3.63) is 71.3 Å². The highest BCUT2D eigenvalue weighted by Crippen LogP contribution is 2.16. The van der Waals surface area contributed by atoms with Gasteiger partial charge in [0.05, 0.1) is 0 Å². The van der Waals surface area contributed by atoms with Crippen LogP contribution in [-0.4, -0.2) is 17.7 Å². The molecular formula is C21H23N3O3. The van der Waals surface area contributed by atoms with Crippen molar-refractivity contribution in [2.45, 2.75) is 26.7 Å². The first-order valence-electron chi connectivity index (χ1n) is 8.63. The summed E-state index contributed by atoms with van der Waals surface area (Å²) in [6.45, 7) is 3.89. The molecule has 0 aliphatic heterocycles. The minimum Gasteiger partial charge on any atom is -0.326 e. The lowest BCUT2D eigenvalue weighted by Crippen LogP contribution is -2.41. The lowest BCUT2D eigenvalue weighted by Gasteiger charge is -2.09. The van der Waals surface area contributed by atoms with Crippen molar-refractivity contribution in [1.82, 2.24) is 10.9 Å². The standard InChI is InChI=1S/C21H23N3O3/c1-15-8-10-18(16(2)14-15)22-19(25)12-13-21(27)24-23-20(26)11-9-17-6-4-3-5-7-17/h3-11,14H,12-13H2,1-2H3,(H,22,25)(H,23,26)(H,24,27)/b11-9-. The maximum absolute atomic E-state index is 12.0. The van der Waals surface area contributed by atoms with Crippen LogP contribution in [0.25, 0.3) is 6.08 Å². The second kappa shape index (κ2) is 9.91. The van der Waals surface area contributed by atoms with Crippen LogP contribution in [0, 0.1) is 13.8 Å². The van der Waals surface area contributed by atoms with Crippen molar-refractivity contribution < 1.29 is 14.4 Å². The summed E-state index contributed by atoms with van der Waals surface area (Å²) >= 11 is 0. The van der Waals surface area contributed by atoms with Gasteiger partial charge in [-0.1, -0.05) is 48.0 Å². The van der Waals surface area contributed by atoms with E-state index in [2.05, 4.69) is 16.2 Å². The van der Waals surface area contributed by atoms with E-state index in [1.807, 2.05) is 62.4 Å². The summed E-state index contributed by atoms with van der Waals surface area (Å²) < 4.78 is 0. The number of carbonyl (C=O) groups is 3. The van der Waals surface area contributed by atoms with Gasteiger partial charge >= 0.3 is 0 Å². The van der Waals surface area contributed by atoms with Crippen molar-refractivity contribution in [2.24, 2.45) is 0 Å². The van der Waals surface area contributed by atoms with Crippen LogP contribution in [0.3, 0.4) is 0 Å². The summed E-state index contributed by atoms with van der Waals surface area (Å²) in [6.07, 6.45) is 2.95. The van der Waals surface area contributed by atoms with Crippen LogP contribution >= 0.6 is 0 Å². The molecule has 0 aromatic heterocycles. The topological polar surface area (TPSA) is 87.3 Å².